The molecular formula is C48H64N2O2. The lowest BCUT2D eigenvalue weighted by molar-refractivity contribution is 0.140. The molecule has 2 aliphatic carbocycles. The molecule has 4 nitrogen and oxygen atoms in total. The third-order valence-electron chi connectivity index (χ3n) is 12.4. The van der Waals surface area contributed by atoms with Crippen molar-refractivity contribution in [2.45, 2.75) is 134 Å². The summed E-state index contributed by atoms with van der Waals surface area (Å²) in [6.07, 6.45) is 26.5. The number of benzene rings is 4. The molecule has 4 heteroatoms. The van der Waals surface area contributed by atoms with Gasteiger partial charge < -0.3 is 20.9 Å². The summed E-state index contributed by atoms with van der Waals surface area (Å²) in [4.78, 5) is 0. The third kappa shape index (κ3) is 10.6. The fourth-order valence-corrected chi connectivity index (χ4v) is 9.33. The summed E-state index contributed by atoms with van der Waals surface area (Å²) in [5.74, 6) is 5.88. The van der Waals surface area contributed by atoms with Crippen molar-refractivity contribution in [2.75, 3.05) is 11.5 Å². The van der Waals surface area contributed by atoms with Gasteiger partial charge in [0.2, 0.25) is 0 Å². The van der Waals surface area contributed by atoms with Gasteiger partial charge >= 0.3 is 0 Å². The second kappa shape index (κ2) is 19.2. The van der Waals surface area contributed by atoms with E-state index in [2.05, 4.69) is 55.5 Å². The van der Waals surface area contributed by atoms with E-state index in [1.165, 1.54) is 133 Å². The summed E-state index contributed by atoms with van der Waals surface area (Å²) < 4.78 is 12.4. The molecule has 0 radical (unpaired) electrons. The highest BCUT2D eigenvalue weighted by Gasteiger charge is 2.41. The van der Waals surface area contributed by atoms with Gasteiger partial charge in [0.15, 0.2) is 0 Å². The molecular weight excluding hydrogens is 637 g/mol. The van der Waals surface area contributed by atoms with Crippen molar-refractivity contribution in [3.05, 3.63) is 108 Å². The molecule has 0 unspecified atom stereocenters. The fourth-order valence-electron chi connectivity index (χ4n) is 9.33. The zero-order valence-corrected chi connectivity index (χ0v) is 31.9. The molecule has 2 saturated carbocycles. The Morgan fingerprint density at radius 2 is 0.942 bits per heavy atom. The van der Waals surface area contributed by atoms with Crippen LogP contribution < -0.4 is 20.9 Å². The SMILES string of the molecule is CCCCCCCCCCCC[C@H]1CC[C@@H](C2CCC(c3ccc(Oc4cccc(N)c4)cc3)(c3ccc(Oc4cccc(N)c4)cc3)CC2)CC1. The average molecular weight is 701 g/mol. The molecule has 0 atom stereocenters. The molecule has 6 rings (SSSR count). The van der Waals surface area contributed by atoms with Crippen molar-refractivity contribution in [3.8, 4) is 23.0 Å². The average Bonchev–Trinajstić information content (AvgIpc) is 3.17. The largest absolute Gasteiger partial charge is 0.457 e. The molecule has 0 heterocycles. The summed E-state index contributed by atoms with van der Waals surface area (Å²) in [7, 11) is 0. The summed E-state index contributed by atoms with van der Waals surface area (Å²) in [6, 6.07) is 32.9. The van der Waals surface area contributed by atoms with E-state index in [9.17, 15) is 0 Å². The maximum atomic E-state index is 6.18. The second-order valence-corrected chi connectivity index (χ2v) is 16.1. The van der Waals surface area contributed by atoms with Gasteiger partial charge in [-0.2, -0.15) is 0 Å². The monoisotopic (exact) mass is 700 g/mol. The minimum Gasteiger partial charge on any atom is -0.457 e. The zero-order valence-electron chi connectivity index (χ0n) is 31.9. The van der Waals surface area contributed by atoms with E-state index >= 15 is 0 Å². The number of hydrogen-bond acceptors (Lipinski definition) is 4. The highest BCUT2D eigenvalue weighted by Crippen LogP contribution is 2.51. The zero-order chi connectivity index (χ0) is 36.0. The van der Waals surface area contributed by atoms with Crippen LogP contribution >= 0.6 is 0 Å². The van der Waals surface area contributed by atoms with Crippen LogP contribution in [0.15, 0.2) is 97.1 Å². The first-order chi connectivity index (χ1) is 25.5. The quantitative estimate of drug-likeness (QED) is 0.0800. The Bertz CT molecular complexity index is 1520. The molecule has 0 bridgehead atoms. The van der Waals surface area contributed by atoms with E-state index in [-0.39, 0.29) is 5.41 Å². The molecule has 0 aliphatic heterocycles. The van der Waals surface area contributed by atoms with Crippen molar-refractivity contribution in [3.63, 3.8) is 0 Å². The second-order valence-electron chi connectivity index (χ2n) is 16.1. The number of anilines is 2. The van der Waals surface area contributed by atoms with E-state index in [0.717, 1.165) is 40.8 Å². The molecule has 0 saturated heterocycles. The fraction of sp³-hybridized carbons (Fsp3) is 0.500. The molecule has 278 valence electrons. The molecule has 2 fully saturated rings. The van der Waals surface area contributed by atoms with Crippen molar-refractivity contribution in [2.24, 2.45) is 17.8 Å². The molecule has 2 aliphatic rings. The summed E-state index contributed by atoms with van der Waals surface area (Å²) >= 11 is 0. The maximum Gasteiger partial charge on any atom is 0.129 e. The van der Waals surface area contributed by atoms with Crippen LogP contribution in [0.5, 0.6) is 23.0 Å². The lowest BCUT2D eigenvalue weighted by atomic mass is 9.60. The molecule has 4 aromatic carbocycles. The van der Waals surface area contributed by atoms with Crippen LogP contribution in [0.2, 0.25) is 0 Å². The van der Waals surface area contributed by atoms with Crippen LogP contribution in [0, 0.1) is 17.8 Å². The van der Waals surface area contributed by atoms with Gasteiger partial charge in [-0.25, -0.2) is 0 Å². The maximum absolute atomic E-state index is 6.18. The van der Waals surface area contributed by atoms with Crippen molar-refractivity contribution in [1.29, 1.82) is 0 Å². The van der Waals surface area contributed by atoms with Gasteiger partial charge in [0, 0.05) is 28.9 Å². The molecule has 52 heavy (non-hydrogen) atoms. The molecule has 0 spiro atoms. The number of hydrogen-bond donors (Lipinski definition) is 2. The lowest BCUT2D eigenvalue weighted by Gasteiger charge is -2.44. The van der Waals surface area contributed by atoms with Crippen LogP contribution in [0.25, 0.3) is 0 Å². The van der Waals surface area contributed by atoms with Crippen LogP contribution in [-0.2, 0) is 5.41 Å². The van der Waals surface area contributed by atoms with E-state index in [1.54, 1.807) is 0 Å². The highest BCUT2D eigenvalue weighted by molar-refractivity contribution is 5.48. The Labute approximate surface area is 314 Å². The van der Waals surface area contributed by atoms with Crippen LogP contribution in [0.1, 0.15) is 140 Å². The normalized spacial score (nSPS) is 18.9. The molecule has 4 N–H and O–H groups in total. The van der Waals surface area contributed by atoms with E-state index in [4.69, 9.17) is 20.9 Å². The Hall–Kier alpha value is -3.92. The Kier molecular flexibility index (Phi) is 14.0. The Morgan fingerprint density at radius 1 is 0.500 bits per heavy atom. The first kappa shape index (κ1) is 37.8. The highest BCUT2D eigenvalue weighted by atomic mass is 16.5. The standard InChI is InChI=1S/C48H64N2O2/c1-2-3-4-5-6-7-8-9-10-11-14-37-19-21-38(22-20-37)39-31-33-48(34-32-39,40-23-27-44(28-24-40)51-46-17-12-15-42(49)35-46)41-25-29-45(30-26-41)52-47-18-13-16-43(50)36-47/h12-13,15-18,23-30,35-39H,2-11,14,19-22,31-34,49-50H2,1H3/t37-,38+. The topological polar surface area (TPSA) is 70.5 Å². The molecule has 4 aromatic rings. The van der Waals surface area contributed by atoms with Gasteiger partial charge in [0.05, 0.1) is 0 Å². The molecule has 0 amide bonds. The summed E-state index contributed by atoms with van der Waals surface area (Å²) in [6.45, 7) is 2.30. The number of ether oxygens (including phenoxy) is 2. The van der Waals surface area contributed by atoms with Crippen LogP contribution in [-0.4, -0.2) is 0 Å². The van der Waals surface area contributed by atoms with Gasteiger partial charge in [-0.3, -0.25) is 0 Å². The van der Waals surface area contributed by atoms with E-state index in [0.29, 0.717) is 11.4 Å². The lowest BCUT2D eigenvalue weighted by Crippen LogP contribution is -2.35. The van der Waals surface area contributed by atoms with Crippen molar-refractivity contribution >= 4 is 11.4 Å². The Morgan fingerprint density at radius 3 is 1.40 bits per heavy atom. The van der Waals surface area contributed by atoms with E-state index in [1.807, 2.05) is 48.5 Å². The van der Waals surface area contributed by atoms with Gasteiger partial charge in [-0.1, -0.05) is 127 Å². The summed E-state index contributed by atoms with van der Waals surface area (Å²) in [5, 5.41) is 0. The van der Waals surface area contributed by atoms with Gasteiger partial charge in [-0.05, 0) is 116 Å². The minimum atomic E-state index is -0.0331. The molecule has 0 aromatic heterocycles. The van der Waals surface area contributed by atoms with Gasteiger partial charge in [-0.15, -0.1) is 0 Å². The van der Waals surface area contributed by atoms with E-state index < -0.39 is 0 Å². The number of nitrogen functional groups attached to an aromatic ring is 2. The number of rotatable bonds is 18. The van der Waals surface area contributed by atoms with Gasteiger partial charge in [0.25, 0.3) is 0 Å². The Balaban J connectivity index is 1.05. The first-order valence-electron chi connectivity index (χ1n) is 20.8. The first-order valence-corrected chi connectivity index (χ1v) is 20.8. The van der Waals surface area contributed by atoms with Gasteiger partial charge in [0.1, 0.15) is 23.0 Å². The predicted molar refractivity (Wildman–Crippen MR) is 219 cm³/mol. The van der Waals surface area contributed by atoms with Crippen molar-refractivity contribution < 1.29 is 9.47 Å². The third-order valence-corrected chi connectivity index (χ3v) is 12.4. The van der Waals surface area contributed by atoms with Crippen LogP contribution in [0.3, 0.4) is 0 Å². The number of nitrogens with two attached hydrogens (primary N) is 2. The van der Waals surface area contributed by atoms with Crippen molar-refractivity contribution in [1.82, 2.24) is 0 Å². The summed E-state index contributed by atoms with van der Waals surface area (Å²) in [5.41, 5.74) is 16.1. The minimum absolute atomic E-state index is 0.0331. The van der Waals surface area contributed by atoms with Crippen LogP contribution in [0.4, 0.5) is 11.4 Å². The number of unbranched alkanes of at least 4 members (excludes halogenated alkanes) is 9. The smallest absolute Gasteiger partial charge is 0.129 e. The predicted octanol–water partition coefficient (Wildman–Crippen LogP) is 14.0.